The molecule has 2 heterocycles. The molecule has 0 aliphatic heterocycles. The number of phenols is 2. The summed E-state index contributed by atoms with van der Waals surface area (Å²) in [5, 5.41) is 40.0. The van der Waals surface area contributed by atoms with Crippen LogP contribution in [0.4, 0.5) is 0 Å². The van der Waals surface area contributed by atoms with Gasteiger partial charge in [0.05, 0.1) is 11.1 Å². The number of carbonyl (C=O) groups excluding carboxylic acids is 2. The molecule has 1 saturated carbocycles. The van der Waals surface area contributed by atoms with Crippen LogP contribution in [-0.2, 0) is 10.8 Å². The Kier molecular flexibility index (Phi) is 10.8. The Balaban J connectivity index is 0.000000174. The number of nitrogens with zero attached hydrogens (tertiary/aromatic N) is 6. The van der Waals surface area contributed by atoms with E-state index in [9.17, 15) is 19.8 Å². The van der Waals surface area contributed by atoms with Gasteiger partial charge in [0.25, 0.3) is 0 Å². The molecule has 0 atom stereocenters. The zero-order chi connectivity index (χ0) is 40.5. The van der Waals surface area contributed by atoms with Gasteiger partial charge < -0.3 is 10.2 Å². The van der Waals surface area contributed by atoms with Crippen LogP contribution in [0.25, 0.3) is 33.4 Å². The van der Waals surface area contributed by atoms with Gasteiger partial charge in [-0.1, -0.05) is 115 Å². The summed E-state index contributed by atoms with van der Waals surface area (Å²) >= 11 is 0. The van der Waals surface area contributed by atoms with E-state index in [1.54, 1.807) is 13.0 Å². The first kappa shape index (κ1) is 39.1. The summed E-state index contributed by atoms with van der Waals surface area (Å²) in [6.45, 7) is 12.3. The first-order chi connectivity index (χ1) is 27.3. The monoisotopic (exact) mass is 762 g/mol. The second-order valence-corrected chi connectivity index (χ2v) is 16.5. The molecule has 0 spiro atoms. The number of aromatic nitrogens is 6. The fourth-order valence-corrected chi connectivity index (χ4v) is 7.47. The van der Waals surface area contributed by atoms with E-state index < -0.39 is 0 Å². The lowest BCUT2D eigenvalue weighted by atomic mass is 9.77. The van der Waals surface area contributed by atoms with Crippen molar-refractivity contribution in [3.63, 3.8) is 0 Å². The first-order valence-corrected chi connectivity index (χ1v) is 19.8. The molecule has 0 bridgehead atoms. The maximum atomic E-state index is 13.2. The number of benzene rings is 5. The minimum absolute atomic E-state index is 0.00706. The van der Waals surface area contributed by atoms with Gasteiger partial charge >= 0.3 is 0 Å². The molecular formula is C47H50N6O4. The number of rotatable bonds is 8. The Hall–Kier alpha value is -6.16. The third-order valence-electron chi connectivity index (χ3n) is 11.1. The third kappa shape index (κ3) is 7.94. The molecule has 2 N–H and O–H groups in total. The van der Waals surface area contributed by atoms with Crippen LogP contribution in [0.15, 0.2) is 103 Å². The van der Waals surface area contributed by atoms with Crippen LogP contribution in [0.2, 0.25) is 0 Å². The molecule has 1 aliphatic carbocycles. The molecular weight excluding hydrogens is 713 g/mol. The van der Waals surface area contributed by atoms with Crippen molar-refractivity contribution in [1.29, 1.82) is 0 Å². The normalized spacial score (nSPS) is 13.7. The van der Waals surface area contributed by atoms with E-state index in [0.717, 1.165) is 64.4 Å². The maximum Gasteiger partial charge on any atom is 0.169 e. The second kappa shape index (κ2) is 15.8. The number of ketones is 2. The number of carbonyl (C=O) groups is 2. The van der Waals surface area contributed by atoms with Crippen LogP contribution >= 0.6 is 0 Å². The third-order valence-corrected chi connectivity index (χ3v) is 11.1. The Labute approximate surface area is 333 Å². The lowest BCUT2D eigenvalue weighted by Gasteiger charge is -2.27. The Morgan fingerprint density at radius 2 is 1.04 bits per heavy atom. The molecule has 8 rings (SSSR count). The Morgan fingerprint density at radius 1 is 0.596 bits per heavy atom. The van der Waals surface area contributed by atoms with Crippen molar-refractivity contribution in [3.8, 4) is 22.9 Å². The summed E-state index contributed by atoms with van der Waals surface area (Å²) in [5.41, 5.74) is 6.98. The number of hydrogen-bond donors (Lipinski definition) is 2. The summed E-state index contributed by atoms with van der Waals surface area (Å²) in [4.78, 5) is 28.7. The predicted octanol–water partition coefficient (Wildman–Crippen LogP) is 10.2. The predicted molar refractivity (Wildman–Crippen MR) is 224 cm³/mol. The molecule has 5 aromatic carbocycles. The van der Waals surface area contributed by atoms with E-state index in [1.165, 1.54) is 16.0 Å². The molecule has 0 unspecified atom stereocenters. The van der Waals surface area contributed by atoms with Crippen molar-refractivity contribution in [3.05, 3.63) is 131 Å². The fourth-order valence-electron chi connectivity index (χ4n) is 7.47. The minimum Gasteiger partial charge on any atom is -0.505 e. The molecule has 7 aromatic rings. The molecule has 1 fully saturated rings. The van der Waals surface area contributed by atoms with E-state index >= 15 is 0 Å². The SMILES string of the molecule is CC(C)(C)c1cc(C(=O)C2CCCCC2)c(O)c(-n2nc3ccccc3n2)c1.CCC(=O)c1cc(C(C)(C)c2ccccc2)cc(-n2nc3ccccc3n2)c1O. The maximum absolute atomic E-state index is 13.2. The summed E-state index contributed by atoms with van der Waals surface area (Å²) < 4.78 is 0. The quantitative estimate of drug-likeness (QED) is 0.146. The van der Waals surface area contributed by atoms with Gasteiger partial charge in [-0.05, 0) is 83.5 Å². The summed E-state index contributed by atoms with van der Waals surface area (Å²) in [6.07, 6.45) is 5.45. The van der Waals surface area contributed by atoms with Crippen LogP contribution in [0.1, 0.15) is 117 Å². The highest BCUT2D eigenvalue weighted by molar-refractivity contribution is 6.01. The fraction of sp³-hybridized carbons (Fsp3) is 0.319. The molecule has 0 radical (unpaired) electrons. The average Bonchev–Trinajstić information content (AvgIpc) is 3.86. The van der Waals surface area contributed by atoms with Crippen LogP contribution in [0.3, 0.4) is 0 Å². The van der Waals surface area contributed by atoms with Crippen molar-refractivity contribution < 1.29 is 19.8 Å². The zero-order valence-corrected chi connectivity index (χ0v) is 33.5. The van der Waals surface area contributed by atoms with Gasteiger partial charge in [-0.15, -0.1) is 30.0 Å². The molecule has 0 amide bonds. The lowest BCUT2D eigenvalue weighted by Crippen LogP contribution is -2.20. The first-order valence-electron chi connectivity index (χ1n) is 19.8. The van der Waals surface area contributed by atoms with Crippen molar-refractivity contribution in [1.82, 2.24) is 30.0 Å². The minimum atomic E-state index is -0.376. The number of phenolic OH excluding ortho intramolecular Hbond substituents is 2. The van der Waals surface area contributed by atoms with Gasteiger partial charge in [-0.2, -0.15) is 0 Å². The molecule has 1 aliphatic rings. The van der Waals surface area contributed by atoms with Crippen molar-refractivity contribution >= 4 is 33.6 Å². The highest BCUT2D eigenvalue weighted by atomic mass is 16.3. The van der Waals surface area contributed by atoms with Crippen LogP contribution < -0.4 is 0 Å². The van der Waals surface area contributed by atoms with Gasteiger partial charge in [-0.3, -0.25) is 9.59 Å². The van der Waals surface area contributed by atoms with Crippen LogP contribution in [0, 0.1) is 5.92 Å². The van der Waals surface area contributed by atoms with Gasteiger partial charge in [-0.25, -0.2) is 0 Å². The van der Waals surface area contributed by atoms with Crippen molar-refractivity contribution in [2.75, 3.05) is 0 Å². The molecule has 57 heavy (non-hydrogen) atoms. The smallest absolute Gasteiger partial charge is 0.169 e. The van der Waals surface area contributed by atoms with E-state index in [-0.39, 0.29) is 39.8 Å². The van der Waals surface area contributed by atoms with Crippen molar-refractivity contribution in [2.45, 2.75) is 90.9 Å². The van der Waals surface area contributed by atoms with E-state index in [2.05, 4.69) is 67.1 Å². The molecule has 10 heteroatoms. The van der Waals surface area contributed by atoms with E-state index in [1.807, 2.05) is 84.9 Å². The highest BCUT2D eigenvalue weighted by Gasteiger charge is 2.30. The standard InChI is InChI=1S/C24H23N3O2.C23H27N3O2/c1-4-22(28)18-14-17(24(2,3)16-10-6-5-7-11-16)15-21(23(18)29)27-25-19-12-8-9-13-20(19)26-27;1-23(2,3)16-13-17(21(27)15-9-5-4-6-10-15)22(28)20(14-16)26-24-18-11-7-8-12-19(18)25-26/h5-15,29H,4H2,1-3H3;7-8,11-15,28H,4-6,9-10H2,1-3H3. The summed E-state index contributed by atoms with van der Waals surface area (Å²) in [5.74, 6) is -0.201. The average molecular weight is 763 g/mol. The van der Waals surface area contributed by atoms with Gasteiger partial charge in [0.1, 0.15) is 33.4 Å². The number of hydrogen-bond acceptors (Lipinski definition) is 8. The molecule has 2 aromatic heterocycles. The van der Waals surface area contributed by atoms with E-state index in [4.69, 9.17) is 0 Å². The largest absolute Gasteiger partial charge is 0.505 e. The number of aromatic hydroxyl groups is 2. The zero-order valence-electron chi connectivity index (χ0n) is 33.5. The van der Waals surface area contributed by atoms with Crippen molar-refractivity contribution in [2.24, 2.45) is 5.92 Å². The number of Topliss-reactive ketones (excluding diaryl/α,β-unsaturated/α-hetero) is 2. The Bertz CT molecular complexity index is 2510. The lowest BCUT2D eigenvalue weighted by molar-refractivity contribution is 0.0886. The molecule has 292 valence electrons. The van der Waals surface area contributed by atoms with Crippen LogP contribution in [0.5, 0.6) is 11.5 Å². The molecule has 0 saturated heterocycles. The topological polar surface area (TPSA) is 136 Å². The summed E-state index contributed by atoms with van der Waals surface area (Å²) in [6, 6.07) is 32.6. The summed E-state index contributed by atoms with van der Waals surface area (Å²) in [7, 11) is 0. The van der Waals surface area contributed by atoms with Gasteiger partial charge in [0.15, 0.2) is 23.1 Å². The second-order valence-electron chi connectivity index (χ2n) is 16.5. The van der Waals surface area contributed by atoms with Gasteiger partial charge in [0, 0.05) is 17.8 Å². The van der Waals surface area contributed by atoms with Gasteiger partial charge in [0.2, 0.25) is 0 Å². The van der Waals surface area contributed by atoms with E-state index in [0.29, 0.717) is 28.9 Å². The highest BCUT2D eigenvalue weighted by Crippen LogP contribution is 2.39. The number of fused-ring (bicyclic) bond motifs is 2. The molecule has 10 nitrogen and oxygen atoms in total. The Morgan fingerprint density at radius 3 is 1.51 bits per heavy atom. The van der Waals surface area contributed by atoms with Crippen LogP contribution in [-0.4, -0.2) is 51.8 Å².